The fourth-order valence-corrected chi connectivity index (χ4v) is 2.80. The molecule has 0 aliphatic heterocycles. The molecule has 3 aromatic rings. The summed E-state index contributed by atoms with van der Waals surface area (Å²) in [6.07, 6.45) is 0.750. The normalized spacial score (nSPS) is 12.1. The van der Waals surface area contributed by atoms with Crippen LogP contribution in [0.1, 0.15) is 40.2 Å². The molecule has 0 bridgehead atoms. The molecule has 0 radical (unpaired) electrons. The topological polar surface area (TPSA) is 42.2 Å². The van der Waals surface area contributed by atoms with Crippen LogP contribution in [0.4, 0.5) is 0 Å². The van der Waals surface area contributed by atoms with Crippen LogP contribution in [0.5, 0.6) is 0 Å². The van der Waals surface area contributed by atoms with Crippen LogP contribution in [0.25, 0.3) is 11.3 Å². The summed E-state index contributed by atoms with van der Waals surface area (Å²) in [5, 5.41) is 3.90. The Balaban J connectivity index is 1.67. The van der Waals surface area contributed by atoms with E-state index in [-0.39, 0.29) is 6.04 Å². The van der Waals surface area contributed by atoms with Gasteiger partial charge in [0, 0.05) is 17.2 Å². The van der Waals surface area contributed by atoms with E-state index in [0.717, 1.165) is 23.4 Å². The number of benzene rings is 2. The Kier molecular flexibility index (Phi) is 5.37. The highest BCUT2D eigenvalue weighted by Crippen LogP contribution is 2.26. The molecule has 1 N–H and O–H groups in total. The molecule has 0 fully saturated rings. The molecule has 1 aromatic heterocycles. The van der Waals surface area contributed by atoms with E-state index in [1.165, 1.54) is 11.1 Å². The van der Waals surface area contributed by atoms with E-state index in [9.17, 15) is 4.79 Å². The molecule has 1 atom stereocenters. The lowest BCUT2D eigenvalue weighted by Gasteiger charge is -2.13. The Bertz CT molecular complexity index is 868. The minimum Gasteiger partial charge on any atom is -0.460 e. The molecule has 3 nitrogen and oxygen atoms in total. The van der Waals surface area contributed by atoms with Crippen LogP contribution in [0.15, 0.2) is 59.0 Å². The summed E-state index contributed by atoms with van der Waals surface area (Å²) in [6.45, 7) is 4.84. The van der Waals surface area contributed by atoms with Gasteiger partial charge in [0.05, 0.1) is 11.6 Å². The van der Waals surface area contributed by atoms with E-state index in [1.807, 2.05) is 18.2 Å². The van der Waals surface area contributed by atoms with Gasteiger partial charge in [-0.15, -0.1) is 0 Å². The van der Waals surface area contributed by atoms with Crippen LogP contribution in [0, 0.1) is 6.92 Å². The number of carbonyl (C=O) groups excluding carboxylic acids is 1. The number of rotatable bonds is 6. The van der Waals surface area contributed by atoms with E-state index in [4.69, 9.17) is 16.0 Å². The number of aldehydes is 1. The summed E-state index contributed by atoms with van der Waals surface area (Å²) < 4.78 is 5.89. The molecule has 0 saturated carbocycles. The molecule has 1 unspecified atom stereocenters. The largest absolute Gasteiger partial charge is 0.460 e. The average molecular weight is 354 g/mol. The maximum absolute atomic E-state index is 11.0. The number of furan rings is 1. The minimum atomic E-state index is 0.228. The van der Waals surface area contributed by atoms with Gasteiger partial charge in [0.15, 0.2) is 6.29 Å². The van der Waals surface area contributed by atoms with E-state index in [0.29, 0.717) is 17.1 Å². The van der Waals surface area contributed by atoms with Crippen molar-refractivity contribution in [3.63, 3.8) is 0 Å². The maximum Gasteiger partial charge on any atom is 0.151 e. The minimum absolute atomic E-state index is 0.228. The van der Waals surface area contributed by atoms with Crippen LogP contribution in [-0.4, -0.2) is 6.29 Å². The quantitative estimate of drug-likeness (QED) is 0.589. The Morgan fingerprint density at radius 2 is 1.88 bits per heavy atom. The Labute approximate surface area is 152 Å². The summed E-state index contributed by atoms with van der Waals surface area (Å²) in [6, 6.07) is 17.9. The summed E-state index contributed by atoms with van der Waals surface area (Å²) in [5.41, 5.74) is 3.79. The second-order valence-corrected chi connectivity index (χ2v) is 6.54. The number of hydrogen-bond acceptors (Lipinski definition) is 3. The second-order valence-electron chi connectivity index (χ2n) is 6.13. The Morgan fingerprint density at radius 3 is 2.60 bits per heavy atom. The van der Waals surface area contributed by atoms with Crippen molar-refractivity contribution in [2.75, 3.05) is 0 Å². The third-order valence-electron chi connectivity index (χ3n) is 4.23. The predicted molar refractivity (Wildman–Crippen MR) is 101 cm³/mol. The Morgan fingerprint density at radius 1 is 1.12 bits per heavy atom. The maximum atomic E-state index is 11.0. The lowest BCUT2D eigenvalue weighted by molar-refractivity contribution is 0.112. The van der Waals surface area contributed by atoms with Gasteiger partial charge in [-0.05, 0) is 49.7 Å². The van der Waals surface area contributed by atoms with Crippen molar-refractivity contribution in [2.45, 2.75) is 26.4 Å². The average Bonchev–Trinajstić information content (AvgIpc) is 3.09. The highest BCUT2D eigenvalue weighted by molar-refractivity contribution is 6.33. The van der Waals surface area contributed by atoms with E-state index >= 15 is 0 Å². The van der Waals surface area contributed by atoms with Crippen molar-refractivity contribution in [1.82, 2.24) is 5.32 Å². The summed E-state index contributed by atoms with van der Waals surface area (Å²) in [7, 11) is 0. The lowest BCUT2D eigenvalue weighted by Crippen LogP contribution is -2.17. The SMILES string of the molecule is Cc1ccc(C(C)NCc2ccc(-c3ccc(Cl)c(C=O)c3)o2)cc1. The molecular weight excluding hydrogens is 334 g/mol. The van der Waals surface area contributed by atoms with Gasteiger partial charge >= 0.3 is 0 Å². The highest BCUT2D eigenvalue weighted by atomic mass is 35.5. The van der Waals surface area contributed by atoms with Crippen molar-refractivity contribution in [3.05, 3.63) is 82.1 Å². The Hall–Kier alpha value is -2.36. The van der Waals surface area contributed by atoms with E-state index in [1.54, 1.807) is 12.1 Å². The van der Waals surface area contributed by atoms with Crippen molar-refractivity contribution in [3.8, 4) is 11.3 Å². The molecule has 4 heteroatoms. The van der Waals surface area contributed by atoms with Gasteiger partial charge in [-0.3, -0.25) is 4.79 Å². The first-order valence-electron chi connectivity index (χ1n) is 8.20. The van der Waals surface area contributed by atoms with E-state index < -0.39 is 0 Å². The number of hydrogen-bond donors (Lipinski definition) is 1. The number of halogens is 1. The van der Waals surface area contributed by atoms with Crippen LogP contribution in [0.3, 0.4) is 0 Å². The molecule has 0 spiro atoms. The lowest BCUT2D eigenvalue weighted by atomic mass is 10.1. The van der Waals surface area contributed by atoms with Crippen LogP contribution < -0.4 is 5.32 Å². The third-order valence-corrected chi connectivity index (χ3v) is 4.57. The van der Waals surface area contributed by atoms with Crippen molar-refractivity contribution in [1.29, 1.82) is 0 Å². The second kappa shape index (κ2) is 7.68. The zero-order valence-electron chi connectivity index (χ0n) is 14.3. The zero-order chi connectivity index (χ0) is 17.8. The van der Waals surface area contributed by atoms with Crippen LogP contribution in [-0.2, 0) is 6.54 Å². The van der Waals surface area contributed by atoms with Gasteiger partial charge in [-0.2, -0.15) is 0 Å². The van der Waals surface area contributed by atoms with Crippen LogP contribution >= 0.6 is 11.6 Å². The first kappa shape index (κ1) is 17.5. The van der Waals surface area contributed by atoms with Gasteiger partial charge in [-0.25, -0.2) is 0 Å². The number of aryl methyl sites for hydroxylation is 1. The van der Waals surface area contributed by atoms with Crippen molar-refractivity contribution >= 4 is 17.9 Å². The fraction of sp³-hybridized carbons (Fsp3) is 0.190. The molecule has 1 heterocycles. The molecule has 3 rings (SSSR count). The monoisotopic (exact) mass is 353 g/mol. The highest BCUT2D eigenvalue weighted by Gasteiger charge is 2.09. The summed E-state index contributed by atoms with van der Waals surface area (Å²) >= 11 is 5.97. The molecule has 0 amide bonds. The molecule has 0 saturated heterocycles. The first-order valence-corrected chi connectivity index (χ1v) is 8.58. The van der Waals surface area contributed by atoms with Gasteiger partial charge < -0.3 is 9.73 Å². The van der Waals surface area contributed by atoms with Crippen molar-refractivity contribution in [2.24, 2.45) is 0 Å². The van der Waals surface area contributed by atoms with Crippen LogP contribution in [0.2, 0.25) is 5.02 Å². The number of carbonyl (C=O) groups is 1. The molecule has 0 aliphatic rings. The fourth-order valence-electron chi connectivity index (χ4n) is 2.64. The molecule has 25 heavy (non-hydrogen) atoms. The smallest absolute Gasteiger partial charge is 0.151 e. The molecule has 128 valence electrons. The zero-order valence-corrected chi connectivity index (χ0v) is 15.0. The standard InChI is InChI=1S/C21H20ClNO2/c1-14-3-5-16(6-4-14)15(2)23-12-19-8-10-21(25-19)17-7-9-20(22)18(11-17)13-24/h3-11,13,15,23H,12H2,1-2H3. The van der Waals surface area contributed by atoms with Gasteiger partial charge in [0.2, 0.25) is 0 Å². The van der Waals surface area contributed by atoms with E-state index in [2.05, 4.69) is 43.4 Å². The van der Waals surface area contributed by atoms with Gasteiger partial charge in [-0.1, -0.05) is 41.4 Å². The summed E-state index contributed by atoms with van der Waals surface area (Å²) in [5.74, 6) is 1.57. The number of nitrogens with one attached hydrogen (secondary N) is 1. The third kappa shape index (κ3) is 4.19. The molecule has 0 aliphatic carbocycles. The van der Waals surface area contributed by atoms with Gasteiger partial charge in [0.1, 0.15) is 11.5 Å². The summed E-state index contributed by atoms with van der Waals surface area (Å²) in [4.78, 5) is 11.0. The van der Waals surface area contributed by atoms with Crippen molar-refractivity contribution < 1.29 is 9.21 Å². The molecule has 2 aromatic carbocycles. The molecular formula is C21H20ClNO2. The predicted octanol–water partition coefficient (Wildman–Crippen LogP) is 5.57. The van der Waals surface area contributed by atoms with Gasteiger partial charge in [0.25, 0.3) is 0 Å². The first-order chi connectivity index (χ1) is 12.1.